The number of hydrogen-bond donors (Lipinski definition) is 2. The summed E-state index contributed by atoms with van der Waals surface area (Å²) in [6.07, 6.45) is 11.9. The number of hydrogen-bond acceptors (Lipinski definition) is 3. The Morgan fingerprint density at radius 1 is 0.733 bits per heavy atom. The van der Waals surface area contributed by atoms with Crippen molar-refractivity contribution in [2.45, 2.75) is 76.4 Å². The van der Waals surface area contributed by atoms with Gasteiger partial charge < -0.3 is 5.11 Å². The second kappa shape index (κ2) is 8.08. The molecule has 2 fully saturated rings. The molecule has 0 saturated heterocycles. The average Bonchev–Trinajstić information content (AvgIpc) is 2.33. The molecule has 2 aliphatic carbocycles. The fraction of sp³-hybridized carbons (Fsp3) is 1.00. The van der Waals surface area contributed by atoms with Crippen LogP contribution in [-0.2, 0) is 4.89 Å². The first kappa shape index (κ1) is 12.9. The monoisotopic (exact) mass is 216 g/mol. The minimum atomic E-state index is -0.170. The van der Waals surface area contributed by atoms with E-state index in [0.29, 0.717) is 0 Å². The van der Waals surface area contributed by atoms with Crippen LogP contribution >= 0.6 is 0 Å². The van der Waals surface area contributed by atoms with Gasteiger partial charge in [-0.25, -0.2) is 4.89 Å². The van der Waals surface area contributed by atoms with Crippen LogP contribution in [0, 0.1) is 0 Å². The van der Waals surface area contributed by atoms with Gasteiger partial charge in [0.2, 0.25) is 0 Å². The molecule has 0 amide bonds. The Bertz CT molecular complexity index is 126. The Morgan fingerprint density at radius 2 is 1.13 bits per heavy atom. The van der Waals surface area contributed by atoms with E-state index >= 15 is 0 Å². The van der Waals surface area contributed by atoms with Gasteiger partial charge in [0.1, 0.15) is 0 Å². The summed E-state index contributed by atoms with van der Waals surface area (Å²) in [5.41, 5.74) is 0. The Hall–Kier alpha value is -0.120. The second-order valence-corrected chi connectivity index (χ2v) is 4.66. The molecule has 0 aromatic carbocycles. The fourth-order valence-corrected chi connectivity index (χ4v) is 2.21. The van der Waals surface area contributed by atoms with E-state index < -0.39 is 0 Å². The summed E-state index contributed by atoms with van der Waals surface area (Å²) in [6, 6.07) is 0. The highest BCUT2D eigenvalue weighted by atomic mass is 17.1. The van der Waals surface area contributed by atoms with E-state index in [0.717, 1.165) is 25.7 Å². The van der Waals surface area contributed by atoms with Crippen LogP contribution in [-0.4, -0.2) is 22.6 Å². The van der Waals surface area contributed by atoms with E-state index in [2.05, 4.69) is 4.89 Å². The number of aliphatic hydroxyl groups excluding tert-OH is 1. The van der Waals surface area contributed by atoms with E-state index in [9.17, 15) is 0 Å². The maximum Gasteiger partial charge on any atom is 0.0929 e. The van der Waals surface area contributed by atoms with Gasteiger partial charge in [0.25, 0.3) is 0 Å². The lowest BCUT2D eigenvalue weighted by molar-refractivity contribution is -0.286. The lowest BCUT2D eigenvalue weighted by Crippen LogP contribution is -2.23. The van der Waals surface area contributed by atoms with E-state index in [1.165, 1.54) is 38.5 Å². The van der Waals surface area contributed by atoms with Crippen molar-refractivity contribution in [3.63, 3.8) is 0 Å². The van der Waals surface area contributed by atoms with Crippen LogP contribution in [0.4, 0.5) is 0 Å². The molecule has 0 atom stereocenters. The third kappa shape index (κ3) is 6.13. The maximum atomic E-state index is 8.99. The van der Waals surface area contributed by atoms with Crippen molar-refractivity contribution in [3.8, 4) is 0 Å². The van der Waals surface area contributed by atoms with Gasteiger partial charge in [0.15, 0.2) is 0 Å². The van der Waals surface area contributed by atoms with Gasteiger partial charge in [-0.3, -0.25) is 5.26 Å². The summed E-state index contributed by atoms with van der Waals surface area (Å²) in [6.45, 7) is 0. The molecular formula is C12H24O3. The van der Waals surface area contributed by atoms with Crippen LogP contribution in [0.3, 0.4) is 0 Å². The summed E-state index contributed by atoms with van der Waals surface area (Å²) in [5, 5.41) is 17.2. The third-order valence-corrected chi connectivity index (χ3v) is 3.29. The van der Waals surface area contributed by atoms with Crippen molar-refractivity contribution in [2.24, 2.45) is 0 Å². The molecule has 0 heterocycles. The first-order valence-corrected chi connectivity index (χ1v) is 6.31. The second-order valence-electron chi connectivity index (χ2n) is 4.66. The Kier molecular flexibility index (Phi) is 6.98. The van der Waals surface area contributed by atoms with E-state index in [1.807, 2.05) is 0 Å². The van der Waals surface area contributed by atoms with Crippen molar-refractivity contribution in [1.29, 1.82) is 0 Å². The predicted octanol–water partition coefficient (Wildman–Crippen LogP) is 3.12. The normalized spacial score (nSPS) is 31.6. The first-order chi connectivity index (χ1) is 7.33. The predicted molar refractivity (Wildman–Crippen MR) is 59.7 cm³/mol. The molecule has 2 rings (SSSR count). The van der Waals surface area contributed by atoms with Crippen molar-refractivity contribution >= 4 is 0 Å². The number of rotatable bonds is 1. The summed E-state index contributed by atoms with van der Waals surface area (Å²) in [7, 11) is 0. The van der Waals surface area contributed by atoms with Gasteiger partial charge in [-0.15, -0.1) is 0 Å². The molecule has 3 heteroatoms. The van der Waals surface area contributed by atoms with Crippen LogP contribution in [0.2, 0.25) is 0 Å². The van der Waals surface area contributed by atoms with E-state index in [1.54, 1.807) is 0 Å². The summed E-state index contributed by atoms with van der Waals surface area (Å²) in [4.78, 5) is 4.13. The molecule has 0 bridgehead atoms. The topological polar surface area (TPSA) is 49.7 Å². The quantitative estimate of drug-likeness (QED) is 0.523. The molecule has 2 N–H and O–H groups in total. The van der Waals surface area contributed by atoms with Crippen molar-refractivity contribution in [2.75, 3.05) is 0 Å². The summed E-state index contributed by atoms with van der Waals surface area (Å²) >= 11 is 0. The minimum Gasteiger partial charge on any atom is -0.393 e. The maximum absolute atomic E-state index is 8.99. The molecule has 0 aromatic heterocycles. The Balaban J connectivity index is 0.000000162. The smallest absolute Gasteiger partial charge is 0.0929 e. The van der Waals surface area contributed by atoms with Gasteiger partial charge in [-0.05, 0) is 25.7 Å². The molecular weight excluding hydrogens is 192 g/mol. The van der Waals surface area contributed by atoms with Gasteiger partial charge in [-0.2, -0.15) is 0 Å². The summed E-state index contributed by atoms with van der Waals surface area (Å²) < 4.78 is 0. The highest BCUT2D eigenvalue weighted by Gasteiger charge is 2.19. The lowest BCUT2D eigenvalue weighted by Gasteiger charge is -2.22. The molecule has 2 saturated carbocycles. The number of aliphatic hydroxyl groups is 1. The molecule has 15 heavy (non-hydrogen) atoms. The highest BCUT2D eigenvalue weighted by Crippen LogP contribution is 2.19. The van der Waals surface area contributed by atoms with Gasteiger partial charge in [0.05, 0.1) is 12.2 Å². The van der Waals surface area contributed by atoms with Crippen molar-refractivity contribution < 1.29 is 15.3 Å². The van der Waals surface area contributed by atoms with Crippen molar-refractivity contribution in [1.82, 2.24) is 0 Å². The van der Waals surface area contributed by atoms with E-state index in [4.69, 9.17) is 10.4 Å². The van der Waals surface area contributed by atoms with Crippen molar-refractivity contribution in [3.05, 3.63) is 0 Å². The van der Waals surface area contributed by atoms with Gasteiger partial charge >= 0.3 is 0 Å². The lowest BCUT2D eigenvalue weighted by atomic mass is 9.95. The molecule has 0 aliphatic heterocycles. The molecule has 90 valence electrons. The molecule has 0 spiro atoms. The zero-order chi connectivity index (χ0) is 10.9. The van der Waals surface area contributed by atoms with E-state index in [-0.39, 0.29) is 12.2 Å². The van der Waals surface area contributed by atoms with Crippen LogP contribution in [0.5, 0.6) is 0 Å². The summed E-state index contributed by atoms with van der Waals surface area (Å²) in [5.74, 6) is 0. The van der Waals surface area contributed by atoms with Gasteiger partial charge in [0, 0.05) is 0 Å². The third-order valence-electron chi connectivity index (χ3n) is 3.29. The molecule has 3 nitrogen and oxygen atoms in total. The zero-order valence-corrected chi connectivity index (χ0v) is 9.53. The SMILES string of the molecule is C1CCCCC1.OOC1CCC(O)CC1. The minimum absolute atomic E-state index is 0.0339. The standard InChI is InChI=1S/C6H12O3.C6H12/c7-5-1-3-6(9-8)4-2-5;1-2-4-6-5-3-1/h5-8H,1-4H2;1-6H2. The zero-order valence-electron chi connectivity index (χ0n) is 9.53. The van der Waals surface area contributed by atoms with Crippen LogP contribution < -0.4 is 0 Å². The highest BCUT2D eigenvalue weighted by molar-refractivity contribution is 4.70. The largest absolute Gasteiger partial charge is 0.393 e. The Morgan fingerprint density at radius 3 is 1.47 bits per heavy atom. The fourth-order valence-electron chi connectivity index (χ4n) is 2.21. The van der Waals surface area contributed by atoms with Crippen LogP contribution in [0.1, 0.15) is 64.2 Å². The first-order valence-electron chi connectivity index (χ1n) is 6.31. The molecule has 0 aromatic rings. The molecule has 0 radical (unpaired) electrons. The molecule has 0 unspecified atom stereocenters. The van der Waals surface area contributed by atoms with Gasteiger partial charge in [-0.1, -0.05) is 38.5 Å². The Labute approximate surface area is 92.4 Å². The molecule has 2 aliphatic rings. The van der Waals surface area contributed by atoms with Crippen LogP contribution in [0.25, 0.3) is 0 Å². The average molecular weight is 216 g/mol. The van der Waals surface area contributed by atoms with Crippen LogP contribution in [0.15, 0.2) is 0 Å².